The van der Waals surface area contributed by atoms with E-state index in [9.17, 15) is 9.18 Å². The number of aromatic nitrogens is 4. The number of nitrogen functional groups attached to an aromatic ring is 1. The topological polar surface area (TPSA) is 123 Å². The SMILES string of the molecule is COc1ncc2c(N3C[C@@H](C)N[C@H](C)C3)ccc(C(=O)Nc3cc(F)c4nn(C)c(N)c4c3)c2n1. The van der Waals surface area contributed by atoms with Crippen LogP contribution in [0.2, 0.25) is 0 Å². The van der Waals surface area contributed by atoms with Crippen LogP contribution in [-0.2, 0) is 7.05 Å². The number of rotatable bonds is 4. The average molecular weight is 479 g/mol. The minimum Gasteiger partial charge on any atom is -0.467 e. The molecular weight excluding hydrogens is 451 g/mol. The quantitative estimate of drug-likeness (QED) is 0.409. The van der Waals surface area contributed by atoms with Crippen molar-refractivity contribution in [3.63, 3.8) is 0 Å². The van der Waals surface area contributed by atoms with Gasteiger partial charge in [0.15, 0.2) is 5.82 Å². The number of amides is 1. The summed E-state index contributed by atoms with van der Waals surface area (Å²) in [6, 6.07) is 7.23. The molecular formula is C24H27FN8O2. The molecule has 11 heteroatoms. The highest BCUT2D eigenvalue weighted by molar-refractivity contribution is 6.14. The Labute approximate surface area is 201 Å². The van der Waals surface area contributed by atoms with Crippen molar-refractivity contribution in [2.75, 3.05) is 36.1 Å². The van der Waals surface area contributed by atoms with Crippen molar-refractivity contribution < 1.29 is 13.9 Å². The number of hydrogen-bond acceptors (Lipinski definition) is 8. The van der Waals surface area contributed by atoms with Crippen LogP contribution in [0.25, 0.3) is 21.8 Å². The third kappa shape index (κ3) is 4.08. The number of piperazine rings is 1. The van der Waals surface area contributed by atoms with E-state index in [1.165, 1.54) is 17.9 Å². The number of benzene rings is 2. The summed E-state index contributed by atoms with van der Waals surface area (Å²) in [6.07, 6.45) is 1.67. The van der Waals surface area contributed by atoms with Crippen molar-refractivity contribution in [2.45, 2.75) is 25.9 Å². The van der Waals surface area contributed by atoms with E-state index in [0.29, 0.717) is 34.4 Å². The number of ether oxygens (including phenoxy) is 1. The van der Waals surface area contributed by atoms with Gasteiger partial charge in [-0.3, -0.25) is 9.48 Å². The fourth-order valence-corrected chi connectivity index (χ4v) is 4.71. The first-order chi connectivity index (χ1) is 16.7. The lowest BCUT2D eigenvalue weighted by Gasteiger charge is -2.38. The minimum atomic E-state index is -0.573. The Balaban J connectivity index is 1.55. The second-order valence-corrected chi connectivity index (χ2v) is 8.94. The van der Waals surface area contributed by atoms with Gasteiger partial charge < -0.3 is 26.0 Å². The molecule has 3 heterocycles. The summed E-state index contributed by atoms with van der Waals surface area (Å²) < 4.78 is 21.3. The van der Waals surface area contributed by atoms with Crippen LogP contribution in [0.15, 0.2) is 30.5 Å². The molecule has 35 heavy (non-hydrogen) atoms. The summed E-state index contributed by atoms with van der Waals surface area (Å²) in [4.78, 5) is 24.4. The van der Waals surface area contributed by atoms with Crippen LogP contribution in [0.3, 0.4) is 0 Å². The molecule has 4 aromatic rings. The molecule has 1 aliphatic heterocycles. The molecule has 5 rings (SSSR count). The molecule has 0 unspecified atom stereocenters. The molecule has 2 aromatic carbocycles. The Morgan fingerprint density at radius 3 is 2.66 bits per heavy atom. The van der Waals surface area contributed by atoms with Crippen LogP contribution >= 0.6 is 0 Å². The summed E-state index contributed by atoms with van der Waals surface area (Å²) in [7, 11) is 3.11. The van der Waals surface area contributed by atoms with Gasteiger partial charge in [-0.15, -0.1) is 0 Å². The van der Waals surface area contributed by atoms with Crippen LogP contribution < -0.4 is 26.0 Å². The van der Waals surface area contributed by atoms with Gasteiger partial charge in [0.1, 0.15) is 11.3 Å². The molecule has 10 nitrogen and oxygen atoms in total. The maximum absolute atomic E-state index is 14.6. The van der Waals surface area contributed by atoms with E-state index in [1.807, 2.05) is 6.07 Å². The molecule has 1 saturated heterocycles. The van der Waals surface area contributed by atoms with Gasteiger partial charge in [-0.05, 0) is 38.1 Å². The van der Waals surface area contributed by atoms with E-state index in [0.717, 1.165) is 24.2 Å². The van der Waals surface area contributed by atoms with Gasteiger partial charge in [0, 0.05) is 60.6 Å². The molecule has 1 aliphatic rings. The number of fused-ring (bicyclic) bond motifs is 2. The summed E-state index contributed by atoms with van der Waals surface area (Å²) in [5.74, 6) is -0.705. The standard InChI is InChI=1S/C24H27FN8O2/c1-12-10-33(11-13(2)28-12)19-6-5-15(20-17(19)9-27-24(30-20)35-4)23(34)29-14-7-16-21(18(25)8-14)31-32(3)22(16)26/h5-9,12-13,28H,10-11,26H2,1-4H3,(H,29,34)/t12-,13-/m1/s1. The zero-order chi connectivity index (χ0) is 24.9. The lowest BCUT2D eigenvalue weighted by molar-refractivity contribution is 0.102. The van der Waals surface area contributed by atoms with Crippen molar-refractivity contribution in [1.82, 2.24) is 25.1 Å². The van der Waals surface area contributed by atoms with Crippen molar-refractivity contribution in [1.29, 1.82) is 0 Å². The maximum Gasteiger partial charge on any atom is 0.316 e. The number of anilines is 3. The van der Waals surface area contributed by atoms with E-state index < -0.39 is 11.7 Å². The van der Waals surface area contributed by atoms with Crippen LogP contribution in [-0.4, -0.2) is 57.9 Å². The Morgan fingerprint density at radius 1 is 1.20 bits per heavy atom. The first kappa shape index (κ1) is 22.8. The number of carbonyl (C=O) groups excluding carboxylic acids is 1. The van der Waals surface area contributed by atoms with Gasteiger partial charge in [-0.1, -0.05) is 0 Å². The van der Waals surface area contributed by atoms with Crippen LogP contribution in [0.4, 0.5) is 21.6 Å². The van der Waals surface area contributed by atoms with Gasteiger partial charge >= 0.3 is 6.01 Å². The smallest absolute Gasteiger partial charge is 0.316 e. The van der Waals surface area contributed by atoms with E-state index in [2.05, 4.69) is 44.4 Å². The third-order valence-corrected chi connectivity index (χ3v) is 6.23. The monoisotopic (exact) mass is 478 g/mol. The Kier molecular flexibility index (Phi) is 5.64. The fraction of sp³-hybridized carbons (Fsp3) is 0.333. The maximum atomic E-state index is 14.6. The van der Waals surface area contributed by atoms with Crippen molar-refractivity contribution in [2.24, 2.45) is 7.05 Å². The summed E-state index contributed by atoms with van der Waals surface area (Å²) in [5.41, 5.74) is 8.14. The molecule has 0 saturated carbocycles. The molecule has 1 fully saturated rings. The lowest BCUT2D eigenvalue weighted by atomic mass is 10.0. The number of carbonyl (C=O) groups is 1. The largest absolute Gasteiger partial charge is 0.467 e. The molecule has 2 atom stereocenters. The number of halogens is 1. The van der Waals surface area contributed by atoms with Crippen molar-refractivity contribution in [3.05, 3.63) is 41.8 Å². The summed E-state index contributed by atoms with van der Waals surface area (Å²) in [6.45, 7) is 5.89. The Hall–Kier alpha value is -3.99. The highest BCUT2D eigenvalue weighted by Crippen LogP contribution is 2.32. The first-order valence-corrected chi connectivity index (χ1v) is 11.3. The van der Waals surface area contributed by atoms with E-state index in [4.69, 9.17) is 10.5 Å². The Morgan fingerprint density at radius 2 is 1.94 bits per heavy atom. The predicted octanol–water partition coefficient (Wildman–Crippen LogP) is 2.69. The van der Waals surface area contributed by atoms with Gasteiger partial charge in [-0.2, -0.15) is 10.1 Å². The van der Waals surface area contributed by atoms with Gasteiger partial charge in [0.2, 0.25) is 0 Å². The van der Waals surface area contributed by atoms with Gasteiger partial charge in [-0.25, -0.2) is 9.37 Å². The Bertz CT molecular complexity index is 1440. The van der Waals surface area contributed by atoms with Crippen LogP contribution in [0.1, 0.15) is 24.2 Å². The molecule has 1 amide bonds. The zero-order valence-electron chi connectivity index (χ0n) is 20.0. The average Bonchev–Trinajstić information content (AvgIpc) is 3.11. The van der Waals surface area contributed by atoms with Gasteiger partial charge in [0.25, 0.3) is 5.91 Å². The fourth-order valence-electron chi connectivity index (χ4n) is 4.71. The van der Waals surface area contributed by atoms with Gasteiger partial charge in [0.05, 0.1) is 18.2 Å². The summed E-state index contributed by atoms with van der Waals surface area (Å²) in [5, 5.41) is 11.5. The van der Waals surface area contributed by atoms with E-state index in [-0.39, 0.29) is 17.2 Å². The zero-order valence-corrected chi connectivity index (χ0v) is 20.0. The van der Waals surface area contributed by atoms with Crippen LogP contribution in [0, 0.1) is 5.82 Å². The molecule has 0 radical (unpaired) electrons. The third-order valence-electron chi connectivity index (χ3n) is 6.23. The highest BCUT2D eigenvalue weighted by Gasteiger charge is 2.25. The molecule has 0 aliphatic carbocycles. The minimum absolute atomic E-state index is 0.148. The number of nitrogens with one attached hydrogen (secondary N) is 2. The number of nitrogens with zero attached hydrogens (tertiary/aromatic N) is 5. The van der Waals surface area contributed by atoms with Crippen LogP contribution in [0.5, 0.6) is 6.01 Å². The molecule has 4 N–H and O–H groups in total. The molecule has 182 valence electrons. The van der Waals surface area contributed by atoms with E-state index >= 15 is 0 Å². The summed E-state index contributed by atoms with van der Waals surface area (Å²) >= 11 is 0. The number of hydrogen-bond donors (Lipinski definition) is 3. The van der Waals surface area contributed by atoms with Crippen molar-refractivity contribution in [3.8, 4) is 6.01 Å². The molecule has 2 aromatic heterocycles. The molecule has 0 spiro atoms. The number of aryl methyl sites for hydroxylation is 1. The molecule has 0 bridgehead atoms. The normalized spacial score (nSPS) is 18.3. The lowest BCUT2D eigenvalue weighted by Crippen LogP contribution is -2.54. The second-order valence-electron chi connectivity index (χ2n) is 8.94. The number of nitrogens with two attached hydrogens (primary N) is 1. The number of methoxy groups -OCH3 is 1. The highest BCUT2D eigenvalue weighted by atomic mass is 19.1. The second kappa shape index (κ2) is 8.66. The van der Waals surface area contributed by atoms with E-state index in [1.54, 1.807) is 25.4 Å². The first-order valence-electron chi connectivity index (χ1n) is 11.3. The van der Waals surface area contributed by atoms with Crippen molar-refractivity contribution >= 4 is 44.9 Å². The predicted molar refractivity (Wildman–Crippen MR) is 133 cm³/mol.